The largest absolute Gasteiger partial charge is 0.493 e. The van der Waals surface area contributed by atoms with Gasteiger partial charge in [0.15, 0.2) is 0 Å². The number of aromatic hydroxyl groups is 1. The van der Waals surface area contributed by atoms with Gasteiger partial charge in [-0.15, -0.1) is 0 Å². The highest BCUT2D eigenvalue weighted by Crippen LogP contribution is 2.39. The third kappa shape index (κ3) is 3.73. The molecular weight excluding hydrogens is 420 g/mol. The van der Waals surface area contributed by atoms with Crippen molar-refractivity contribution in [3.8, 4) is 17.3 Å². The van der Waals surface area contributed by atoms with Crippen LogP contribution >= 0.6 is 0 Å². The number of likely N-dealkylation sites (tertiary alicyclic amines) is 1. The van der Waals surface area contributed by atoms with Crippen LogP contribution in [0.4, 0.5) is 5.69 Å². The molecule has 9 heteroatoms. The predicted molar refractivity (Wildman–Crippen MR) is 127 cm³/mol. The zero-order valence-electron chi connectivity index (χ0n) is 18.8. The first-order valence-electron chi connectivity index (χ1n) is 11.2. The second-order valence-electron chi connectivity index (χ2n) is 8.94. The number of aliphatic hydroxyl groups excluding tert-OH is 1. The lowest BCUT2D eigenvalue weighted by Crippen LogP contribution is -2.43. The maximum absolute atomic E-state index is 13.3. The number of piperidine rings is 1. The molecule has 2 aliphatic heterocycles. The Morgan fingerprint density at radius 3 is 2.79 bits per heavy atom. The van der Waals surface area contributed by atoms with E-state index in [9.17, 15) is 15.0 Å². The molecule has 4 heterocycles. The topological polar surface area (TPSA) is 118 Å². The maximum atomic E-state index is 13.3. The quantitative estimate of drug-likeness (QED) is 0.474. The number of amides is 1. The van der Waals surface area contributed by atoms with Crippen LogP contribution < -0.4 is 5.32 Å². The number of pyridine rings is 1. The van der Waals surface area contributed by atoms with Crippen LogP contribution in [0.3, 0.4) is 0 Å². The van der Waals surface area contributed by atoms with Gasteiger partial charge < -0.3 is 30.3 Å². The fourth-order valence-corrected chi connectivity index (χ4v) is 4.70. The molecular formula is C24H28N6O3. The Morgan fingerprint density at radius 2 is 2.06 bits per heavy atom. The summed E-state index contributed by atoms with van der Waals surface area (Å²) in [6.07, 6.45) is 2.79. The molecule has 0 radical (unpaired) electrons. The summed E-state index contributed by atoms with van der Waals surface area (Å²) in [5, 5.41) is 23.2. The lowest BCUT2D eigenvalue weighted by atomic mass is 10.0. The summed E-state index contributed by atoms with van der Waals surface area (Å²) in [6.45, 7) is 8.14. The van der Waals surface area contributed by atoms with Crippen LogP contribution in [0.2, 0.25) is 0 Å². The molecule has 1 aromatic carbocycles. The summed E-state index contributed by atoms with van der Waals surface area (Å²) in [7, 11) is 2.10. The normalized spacial score (nSPS) is 18.2. The van der Waals surface area contributed by atoms with Crippen LogP contribution in [0, 0.1) is 0 Å². The average molecular weight is 449 g/mol. The molecule has 5 rings (SSSR count). The minimum atomic E-state index is -0.559. The number of imidazole rings is 1. The first-order valence-corrected chi connectivity index (χ1v) is 11.2. The van der Waals surface area contributed by atoms with Gasteiger partial charge in [-0.05, 0) is 58.1 Å². The van der Waals surface area contributed by atoms with Crippen molar-refractivity contribution in [3.63, 3.8) is 0 Å². The number of aliphatic hydroxyl groups is 1. The highest BCUT2D eigenvalue weighted by Gasteiger charge is 2.37. The van der Waals surface area contributed by atoms with Crippen molar-refractivity contribution in [2.75, 3.05) is 32.0 Å². The second-order valence-corrected chi connectivity index (χ2v) is 8.94. The fourth-order valence-electron chi connectivity index (χ4n) is 4.70. The Hall–Kier alpha value is -3.43. The zero-order chi connectivity index (χ0) is 23.3. The Balaban J connectivity index is 1.50. The molecule has 0 unspecified atom stereocenters. The zero-order valence-corrected chi connectivity index (χ0v) is 18.8. The molecule has 1 saturated heterocycles. The molecule has 0 bridgehead atoms. The van der Waals surface area contributed by atoms with Gasteiger partial charge in [-0.25, -0.2) is 9.97 Å². The standard InChI is InChI=1S/C24H28N6O3/c1-13(31)12-26-18-4-7-25-23(32)21(18)22-27-19-10-16-14(2)30(15-5-8-29(3)9-6-15)24(33)17(16)11-20(19)28-22/h4,7,10-11,13,15,31H,2,5-6,8-9,12H2,1,3H3,(H,27,28)(H2,25,26,32)/t13-/m0/s1. The van der Waals surface area contributed by atoms with Crippen LogP contribution in [0.5, 0.6) is 5.88 Å². The number of H-pyrrole nitrogens is 1. The van der Waals surface area contributed by atoms with Gasteiger partial charge in [-0.2, -0.15) is 0 Å². The van der Waals surface area contributed by atoms with E-state index in [1.807, 2.05) is 17.0 Å². The van der Waals surface area contributed by atoms with E-state index in [0.717, 1.165) is 37.2 Å². The van der Waals surface area contributed by atoms with Crippen molar-refractivity contribution in [2.24, 2.45) is 0 Å². The second kappa shape index (κ2) is 8.17. The summed E-state index contributed by atoms with van der Waals surface area (Å²) < 4.78 is 0. The molecule has 4 N–H and O–H groups in total. The molecule has 0 aliphatic carbocycles. The number of hydrogen-bond donors (Lipinski definition) is 4. The lowest BCUT2D eigenvalue weighted by molar-refractivity contribution is 0.0749. The first-order chi connectivity index (χ1) is 15.8. The molecule has 0 saturated carbocycles. The summed E-state index contributed by atoms with van der Waals surface area (Å²) >= 11 is 0. The Kier molecular flexibility index (Phi) is 5.30. The van der Waals surface area contributed by atoms with E-state index >= 15 is 0 Å². The summed E-state index contributed by atoms with van der Waals surface area (Å²) in [5.41, 5.74) is 4.51. The van der Waals surface area contributed by atoms with E-state index in [1.54, 1.807) is 13.0 Å². The van der Waals surface area contributed by atoms with E-state index in [2.05, 4.69) is 38.8 Å². The summed E-state index contributed by atoms with van der Waals surface area (Å²) in [4.78, 5) is 29.3. The molecule has 1 atom stereocenters. The predicted octanol–water partition coefficient (Wildman–Crippen LogP) is 2.64. The van der Waals surface area contributed by atoms with Gasteiger partial charge in [0, 0.05) is 30.0 Å². The van der Waals surface area contributed by atoms with Crippen LogP contribution in [-0.2, 0) is 0 Å². The SMILES string of the molecule is C=C1c2cc3nc(-c4c(NC[C@H](C)O)ccnc4O)[nH]c3cc2C(=O)N1C1CCN(C)CC1. The number of nitrogens with one attached hydrogen (secondary N) is 2. The van der Waals surface area contributed by atoms with Gasteiger partial charge in [-0.1, -0.05) is 6.58 Å². The molecule has 33 heavy (non-hydrogen) atoms. The number of benzene rings is 1. The monoisotopic (exact) mass is 448 g/mol. The number of hydrogen-bond acceptors (Lipinski definition) is 7. The van der Waals surface area contributed by atoms with Gasteiger partial charge in [0.2, 0.25) is 5.88 Å². The molecule has 0 spiro atoms. The van der Waals surface area contributed by atoms with Crippen molar-refractivity contribution in [2.45, 2.75) is 31.9 Å². The molecule has 9 nitrogen and oxygen atoms in total. The fraction of sp³-hybridized carbons (Fsp3) is 0.375. The van der Waals surface area contributed by atoms with Crippen molar-refractivity contribution < 1.29 is 15.0 Å². The number of nitrogens with zero attached hydrogens (tertiary/aromatic N) is 4. The minimum Gasteiger partial charge on any atom is -0.493 e. The van der Waals surface area contributed by atoms with E-state index in [-0.39, 0.29) is 17.8 Å². The number of aromatic amines is 1. The van der Waals surface area contributed by atoms with E-state index in [1.165, 1.54) is 6.20 Å². The van der Waals surface area contributed by atoms with Crippen LogP contribution in [0.1, 0.15) is 35.7 Å². The molecule has 1 fully saturated rings. The van der Waals surface area contributed by atoms with Crippen molar-refractivity contribution in [1.82, 2.24) is 24.8 Å². The first kappa shape index (κ1) is 21.4. The number of rotatable bonds is 5. The van der Waals surface area contributed by atoms with E-state index in [0.29, 0.717) is 40.2 Å². The number of fused-ring (bicyclic) bond motifs is 2. The van der Waals surface area contributed by atoms with E-state index < -0.39 is 6.10 Å². The van der Waals surface area contributed by atoms with E-state index in [4.69, 9.17) is 0 Å². The lowest BCUT2D eigenvalue weighted by Gasteiger charge is -2.35. The molecule has 172 valence electrons. The smallest absolute Gasteiger partial charge is 0.259 e. The Bertz CT molecular complexity index is 1190. The minimum absolute atomic E-state index is 0.0221. The van der Waals surface area contributed by atoms with Crippen molar-refractivity contribution in [3.05, 3.63) is 42.1 Å². The van der Waals surface area contributed by atoms with Gasteiger partial charge in [-0.3, -0.25) is 4.79 Å². The average Bonchev–Trinajstić information content (AvgIpc) is 3.30. The molecule has 3 aromatic rings. The van der Waals surface area contributed by atoms with Gasteiger partial charge in [0.1, 0.15) is 11.4 Å². The van der Waals surface area contributed by atoms with Crippen LogP contribution in [-0.4, -0.2) is 79.7 Å². The Labute approximate surface area is 191 Å². The summed E-state index contributed by atoms with van der Waals surface area (Å²) in [5.74, 6) is 0.231. The Morgan fingerprint density at radius 1 is 1.30 bits per heavy atom. The van der Waals surface area contributed by atoms with Crippen molar-refractivity contribution >= 4 is 28.3 Å². The number of aromatic nitrogens is 3. The highest BCUT2D eigenvalue weighted by atomic mass is 16.3. The summed E-state index contributed by atoms with van der Waals surface area (Å²) in [6, 6.07) is 5.58. The number of carbonyl (C=O) groups is 1. The highest BCUT2D eigenvalue weighted by molar-refractivity contribution is 6.11. The van der Waals surface area contributed by atoms with Crippen molar-refractivity contribution in [1.29, 1.82) is 0 Å². The molecule has 2 aromatic heterocycles. The number of anilines is 1. The van der Waals surface area contributed by atoms with Gasteiger partial charge in [0.05, 0.1) is 28.4 Å². The number of carbonyl (C=O) groups excluding carboxylic acids is 1. The third-order valence-corrected chi connectivity index (χ3v) is 6.48. The van der Waals surface area contributed by atoms with Gasteiger partial charge >= 0.3 is 0 Å². The van der Waals surface area contributed by atoms with Gasteiger partial charge in [0.25, 0.3) is 5.91 Å². The third-order valence-electron chi connectivity index (χ3n) is 6.48. The van der Waals surface area contributed by atoms with Crippen LogP contribution in [0.25, 0.3) is 28.1 Å². The van der Waals surface area contributed by atoms with Crippen LogP contribution in [0.15, 0.2) is 31.0 Å². The maximum Gasteiger partial charge on any atom is 0.259 e. The molecule has 1 amide bonds. The molecule has 2 aliphatic rings.